The first-order chi connectivity index (χ1) is 12.2. The van der Waals surface area contributed by atoms with E-state index in [1.54, 1.807) is 18.2 Å². The van der Waals surface area contributed by atoms with Crippen molar-refractivity contribution < 1.29 is 6.22 Å². The van der Waals surface area contributed by atoms with Crippen LogP contribution in [0.5, 0.6) is 0 Å². The van der Waals surface area contributed by atoms with Crippen LogP contribution in [0.25, 0.3) is 0 Å². The minimum atomic E-state index is 0. The van der Waals surface area contributed by atoms with E-state index in [1.165, 1.54) is 49.8 Å². The van der Waals surface area contributed by atoms with E-state index in [9.17, 15) is 0 Å². The lowest BCUT2D eigenvalue weighted by Crippen LogP contribution is -2.26. The van der Waals surface area contributed by atoms with Gasteiger partial charge >= 0.3 is 0 Å². The van der Waals surface area contributed by atoms with Crippen LogP contribution in [0.2, 0.25) is 0 Å². The van der Waals surface area contributed by atoms with E-state index in [2.05, 4.69) is 65.8 Å². The molecule has 0 aromatic heterocycles. The fourth-order valence-corrected chi connectivity index (χ4v) is 3.31. The first-order valence-electron chi connectivity index (χ1n) is 9.17. The maximum Gasteiger partial charge on any atom is 0.206 e. The van der Waals surface area contributed by atoms with E-state index in [0.717, 1.165) is 6.54 Å². The van der Waals surface area contributed by atoms with Crippen LogP contribution < -0.4 is 5.32 Å². The van der Waals surface area contributed by atoms with Crippen LogP contribution in [-0.2, 0) is 30.6 Å². The number of nitrogens with zero attached hydrogens (tertiary/aromatic N) is 1. The summed E-state index contributed by atoms with van der Waals surface area (Å²) >= 11 is 0. The predicted molar refractivity (Wildman–Crippen MR) is 107 cm³/mol. The monoisotopic (exact) mass is 340 g/mol. The van der Waals surface area contributed by atoms with Gasteiger partial charge < -0.3 is 10.2 Å². The molecule has 0 saturated heterocycles. The number of fused-ring (bicyclic) bond motifs is 2. The van der Waals surface area contributed by atoms with Gasteiger partial charge in [0.25, 0.3) is 0 Å². The number of hydrogen-bond acceptors (Lipinski definition) is 2. The number of carbonyl (C=O) groups excluding carboxylic acids is 1. The van der Waals surface area contributed by atoms with E-state index in [4.69, 9.17) is 4.79 Å². The molecule has 3 heteroatoms. The molecule has 136 valence electrons. The van der Waals surface area contributed by atoms with Crippen molar-refractivity contribution in [2.75, 3.05) is 20.6 Å². The van der Waals surface area contributed by atoms with Gasteiger partial charge in [0.15, 0.2) is 0 Å². The third-order valence-electron chi connectivity index (χ3n) is 4.70. The largest absolute Gasteiger partial charge is 0.362 e. The molecule has 0 saturated carbocycles. The van der Waals surface area contributed by atoms with Crippen LogP contribution in [-0.4, -0.2) is 32.0 Å². The zero-order chi connectivity index (χ0) is 17.9. The standard InChI is InChI=1S/C10H13N.C10H12.C2H5NO.H2/c1-11-7-6-9-4-2-3-5-10(9)8-11;1-2-6-10-8-4-3-7-9(10)5-1;1-3-2-4;/h2-5H,6-8H2,1H3;1-2,5-6H,3-4,7-8H2;2H,1H3,(H,3,4);1H. The molecule has 0 fully saturated rings. The van der Waals surface area contributed by atoms with E-state index in [0.29, 0.717) is 6.41 Å². The summed E-state index contributed by atoms with van der Waals surface area (Å²) in [6.45, 7) is 2.33. The summed E-state index contributed by atoms with van der Waals surface area (Å²) in [7, 11) is 3.74. The molecule has 1 heterocycles. The summed E-state index contributed by atoms with van der Waals surface area (Å²) in [4.78, 5) is 11.4. The second-order valence-corrected chi connectivity index (χ2v) is 6.64. The normalized spacial score (nSPS) is 15.3. The van der Waals surface area contributed by atoms with Crippen LogP contribution in [0.3, 0.4) is 0 Å². The van der Waals surface area contributed by atoms with Gasteiger partial charge in [0.2, 0.25) is 6.41 Å². The quantitative estimate of drug-likeness (QED) is 0.800. The fraction of sp³-hybridized carbons (Fsp3) is 0.409. The Morgan fingerprint density at radius 2 is 1.32 bits per heavy atom. The van der Waals surface area contributed by atoms with Crippen molar-refractivity contribution in [1.82, 2.24) is 10.2 Å². The molecule has 1 amide bonds. The minimum absolute atomic E-state index is 0. The first-order valence-corrected chi connectivity index (χ1v) is 9.17. The molecule has 0 bridgehead atoms. The zero-order valence-electron chi connectivity index (χ0n) is 15.5. The van der Waals surface area contributed by atoms with Crippen LogP contribution in [0, 0.1) is 0 Å². The van der Waals surface area contributed by atoms with Gasteiger partial charge in [-0.25, -0.2) is 0 Å². The lowest BCUT2D eigenvalue weighted by Gasteiger charge is -2.24. The van der Waals surface area contributed by atoms with Crippen molar-refractivity contribution in [1.29, 1.82) is 0 Å². The zero-order valence-corrected chi connectivity index (χ0v) is 15.5. The smallest absolute Gasteiger partial charge is 0.206 e. The predicted octanol–water partition coefficient (Wildman–Crippen LogP) is 3.85. The van der Waals surface area contributed by atoms with Crippen molar-refractivity contribution in [3.63, 3.8) is 0 Å². The van der Waals surface area contributed by atoms with E-state index < -0.39 is 0 Å². The van der Waals surface area contributed by atoms with Crippen molar-refractivity contribution in [3.8, 4) is 0 Å². The average molecular weight is 341 g/mol. The molecular formula is C22H32N2O. The molecule has 4 rings (SSSR count). The Labute approximate surface area is 153 Å². The topological polar surface area (TPSA) is 32.3 Å². The summed E-state index contributed by atoms with van der Waals surface area (Å²) in [5.41, 5.74) is 6.19. The third kappa shape index (κ3) is 6.35. The number of nitrogens with one attached hydrogen (secondary N) is 1. The maximum absolute atomic E-state index is 9.06. The van der Waals surface area contributed by atoms with Crippen LogP contribution in [0.1, 0.15) is 36.5 Å². The second kappa shape index (κ2) is 10.7. The maximum atomic E-state index is 9.06. The number of amides is 1. The van der Waals surface area contributed by atoms with Gasteiger partial charge in [0.05, 0.1) is 0 Å². The molecule has 2 aliphatic rings. The number of rotatable bonds is 1. The fourth-order valence-electron chi connectivity index (χ4n) is 3.31. The van der Waals surface area contributed by atoms with Crippen LogP contribution >= 0.6 is 0 Å². The van der Waals surface area contributed by atoms with Crippen LogP contribution in [0.4, 0.5) is 0 Å². The number of benzene rings is 2. The number of carbonyl (C=O) groups is 1. The minimum Gasteiger partial charge on any atom is -0.362 e. The van der Waals surface area contributed by atoms with E-state index >= 15 is 0 Å². The van der Waals surface area contributed by atoms with Gasteiger partial charge in [-0.15, -0.1) is 0 Å². The Balaban J connectivity index is 0.000000211. The molecule has 0 atom stereocenters. The third-order valence-corrected chi connectivity index (χ3v) is 4.70. The number of hydrogen-bond donors (Lipinski definition) is 1. The molecule has 3 nitrogen and oxygen atoms in total. The molecule has 2 aromatic rings. The van der Waals surface area contributed by atoms with Gasteiger partial charge in [-0.1, -0.05) is 48.5 Å². The molecule has 1 aliphatic heterocycles. The molecule has 0 unspecified atom stereocenters. The first kappa shape index (κ1) is 19.2. The van der Waals surface area contributed by atoms with Gasteiger partial charge in [0.1, 0.15) is 0 Å². The Kier molecular flexibility index (Phi) is 8.20. The molecule has 1 aliphatic carbocycles. The highest BCUT2D eigenvalue weighted by atomic mass is 16.1. The number of aryl methyl sites for hydroxylation is 2. The summed E-state index contributed by atoms with van der Waals surface area (Å²) < 4.78 is 0. The summed E-state index contributed by atoms with van der Waals surface area (Å²) in [5.74, 6) is 0. The van der Waals surface area contributed by atoms with Gasteiger partial charge in [-0.05, 0) is 61.4 Å². The molecular weight excluding hydrogens is 308 g/mol. The molecule has 25 heavy (non-hydrogen) atoms. The highest BCUT2D eigenvalue weighted by Crippen LogP contribution is 2.19. The Bertz CT molecular complexity index is 635. The lowest BCUT2D eigenvalue weighted by molar-refractivity contribution is -0.109. The summed E-state index contributed by atoms with van der Waals surface area (Å²) in [6, 6.07) is 17.5. The molecule has 0 radical (unpaired) electrons. The highest BCUT2D eigenvalue weighted by molar-refractivity contribution is 5.44. The van der Waals surface area contributed by atoms with Gasteiger partial charge in [0, 0.05) is 21.6 Å². The van der Waals surface area contributed by atoms with Crippen molar-refractivity contribution in [2.24, 2.45) is 0 Å². The summed E-state index contributed by atoms with van der Waals surface area (Å²) in [5, 5.41) is 2.25. The molecule has 0 spiro atoms. The van der Waals surface area contributed by atoms with Crippen molar-refractivity contribution in [2.45, 2.75) is 38.6 Å². The van der Waals surface area contributed by atoms with Crippen molar-refractivity contribution >= 4 is 6.41 Å². The van der Waals surface area contributed by atoms with Gasteiger partial charge in [-0.2, -0.15) is 0 Å². The Morgan fingerprint density at radius 1 is 0.880 bits per heavy atom. The van der Waals surface area contributed by atoms with E-state index in [-0.39, 0.29) is 1.43 Å². The lowest BCUT2D eigenvalue weighted by atomic mass is 9.92. The van der Waals surface area contributed by atoms with Crippen LogP contribution in [0.15, 0.2) is 48.5 Å². The average Bonchev–Trinajstić information content (AvgIpc) is 2.68. The van der Waals surface area contributed by atoms with E-state index in [1.807, 2.05) is 0 Å². The van der Waals surface area contributed by atoms with Gasteiger partial charge in [-0.3, -0.25) is 4.79 Å². The Hall–Kier alpha value is -2.13. The highest BCUT2D eigenvalue weighted by Gasteiger charge is 2.10. The molecule has 2 aromatic carbocycles. The second-order valence-electron chi connectivity index (χ2n) is 6.64. The SMILES string of the molecule is CN1CCc2ccccc2C1.CNC=O.[HH].c1ccc2c(c1)CCCC2. The summed E-state index contributed by atoms with van der Waals surface area (Å²) in [6.07, 6.45) is 7.22. The Morgan fingerprint density at radius 3 is 1.80 bits per heavy atom. The van der Waals surface area contributed by atoms with Crippen molar-refractivity contribution in [3.05, 3.63) is 70.8 Å². The number of likely N-dealkylation sites (N-methyl/N-ethyl adjacent to an activating group) is 1. The molecule has 1 N–H and O–H groups in total.